The van der Waals surface area contributed by atoms with E-state index in [9.17, 15) is 0 Å². The van der Waals surface area contributed by atoms with E-state index in [0.29, 0.717) is 6.61 Å². The molecule has 0 aromatic heterocycles. The second kappa shape index (κ2) is 7.91. The highest BCUT2D eigenvalue weighted by molar-refractivity contribution is 7.98. The van der Waals surface area contributed by atoms with Gasteiger partial charge in [-0.2, -0.15) is 0 Å². The van der Waals surface area contributed by atoms with E-state index in [2.05, 4.69) is 25.0 Å². The van der Waals surface area contributed by atoms with Crippen LogP contribution in [0.3, 0.4) is 0 Å². The van der Waals surface area contributed by atoms with Crippen LogP contribution in [0.15, 0.2) is 66.1 Å². The fourth-order valence-electron chi connectivity index (χ4n) is 2.09. The first-order valence-corrected chi connectivity index (χ1v) is 8.01. The molecule has 0 bridgehead atoms. The summed E-state index contributed by atoms with van der Waals surface area (Å²) in [5.41, 5.74) is 2.28. The van der Waals surface area contributed by atoms with Crippen LogP contribution in [-0.2, 0) is 11.3 Å². The second-order valence-electron chi connectivity index (χ2n) is 4.56. The van der Waals surface area contributed by atoms with Crippen molar-refractivity contribution in [2.24, 2.45) is 0 Å². The van der Waals surface area contributed by atoms with Gasteiger partial charge in [-0.1, -0.05) is 36.4 Å². The predicted octanol–water partition coefficient (Wildman–Crippen LogP) is 4.86. The minimum absolute atomic E-state index is 0.101. The molecule has 1 atom stereocenters. The van der Waals surface area contributed by atoms with Gasteiger partial charge in [-0.05, 0) is 35.6 Å². The number of hydrogen-bond acceptors (Lipinski definition) is 3. The largest absolute Gasteiger partial charge is 0.497 e. The summed E-state index contributed by atoms with van der Waals surface area (Å²) < 4.78 is 11.2. The van der Waals surface area contributed by atoms with E-state index in [4.69, 9.17) is 9.47 Å². The molecule has 0 N–H and O–H groups in total. The highest BCUT2D eigenvalue weighted by Crippen LogP contribution is 2.29. The summed E-state index contributed by atoms with van der Waals surface area (Å²) in [6.45, 7) is 4.44. The molecule has 0 radical (unpaired) electrons. The lowest BCUT2D eigenvalue weighted by Gasteiger charge is -2.17. The Morgan fingerprint density at radius 3 is 2.48 bits per heavy atom. The first-order valence-electron chi connectivity index (χ1n) is 6.78. The first kappa shape index (κ1) is 15.7. The molecule has 21 heavy (non-hydrogen) atoms. The van der Waals surface area contributed by atoms with Crippen LogP contribution in [0.4, 0.5) is 0 Å². The Kier molecular flexibility index (Phi) is 5.90. The summed E-state index contributed by atoms with van der Waals surface area (Å²) >= 11 is 1.72. The first-order chi connectivity index (χ1) is 10.3. The maximum absolute atomic E-state index is 6.01. The quantitative estimate of drug-likeness (QED) is 0.537. The van der Waals surface area contributed by atoms with Gasteiger partial charge in [0, 0.05) is 4.90 Å². The fraction of sp³-hybridized carbons (Fsp3) is 0.222. The van der Waals surface area contributed by atoms with Crippen molar-refractivity contribution in [3.05, 3.63) is 72.3 Å². The molecule has 0 aliphatic rings. The van der Waals surface area contributed by atoms with Crippen LogP contribution in [0.1, 0.15) is 17.2 Å². The molecule has 2 aromatic carbocycles. The molecular formula is C18H20O2S. The minimum atomic E-state index is -0.101. The number of hydrogen-bond donors (Lipinski definition) is 0. The lowest BCUT2D eigenvalue weighted by molar-refractivity contribution is 0.0704. The van der Waals surface area contributed by atoms with Crippen molar-refractivity contribution >= 4 is 11.8 Å². The predicted molar refractivity (Wildman–Crippen MR) is 88.9 cm³/mol. The molecule has 110 valence electrons. The molecule has 2 rings (SSSR count). The van der Waals surface area contributed by atoms with E-state index in [-0.39, 0.29) is 6.10 Å². The third-order valence-electron chi connectivity index (χ3n) is 3.25. The molecule has 0 amide bonds. The zero-order valence-corrected chi connectivity index (χ0v) is 13.2. The van der Waals surface area contributed by atoms with Crippen molar-refractivity contribution in [1.29, 1.82) is 0 Å². The van der Waals surface area contributed by atoms with Crippen LogP contribution in [0.25, 0.3) is 0 Å². The monoisotopic (exact) mass is 300 g/mol. The summed E-state index contributed by atoms with van der Waals surface area (Å²) in [7, 11) is 1.67. The van der Waals surface area contributed by atoms with Crippen LogP contribution in [0.2, 0.25) is 0 Å². The van der Waals surface area contributed by atoms with Gasteiger partial charge >= 0.3 is 0 Å². The summed E-state index contributed by atoms with van der Waals surface area (Å²) in [5.74, 6) is 0.853. The smallest absolute Gasteiger partial charge is 0.118 e. The van der Waals surface area contributed by atoms with Crippen molar-refractivity contribution in [3.63, 3.8) is 0 Å². The Hall–Kier alpha value is -1.71. The molecule has 2 aromatic rings. The Morgan fingerprint density at radius 2 is 1.86 bits per heavy atom. The molecule has 3 heteroatoms. The minimum Gasteiger partial charge on any atom is -0.497 e. The molecule has 0 saturated carbocycles. The summed E-state index contributed by atoms with van der Waals surface area (Å²) in [6, 6.07) is 16.2. The molecule has 0 aliphatic heterocycles. The van der Waals surface area contributed by atoms with Gasteiger partial charge < -0.3 is 9.47 Å². The van der Waals surface area contributed by atoms with E-state index in [0.717, 1.165) is 16.9 Å². The number of benzene rings is 2. The van der Waals surface area contributed by atoms with Gasteiger partial charge in [0.1, 0.15) is 11.9 Å². The van der Waals surface area contributed by atoms with Crippen LogP contribution in [-0.4, -0.2) is 13.4 Å². The van der Waals surface area contributed by atoms with Crippen molar-refractivity contribution in [3.8, 4) is 5.75 Å². The molecule has 2 nitrogen and oxygen atoms in total. The van der Waals surface area contributed by atoms with Crippen LogP contribution >= 0.6 is 11.8 Å². The summed E-state index contributed by atoms with van der Waals surface area (Å²) in [6.07, 6.45) is 3.82. The molecule has 0 fully saturated rings. The Labute approximate surface area is 130 Å². The number of methoxy groups -OCH3 is 1. The standard InChI is InChI=1S/C18H20O2S/c1-4-17(16-7-5-6-8-18(16)21-3)20-13-14-9-11-15(19-2)12-10-14/h4-12,17H,1,13H2,2-3H3. The van der Waals surface area contributed by atoms with Gasteiger partial charge in [-0.25, -0.2) is 0 Å². The normalized spacial score (nSPS) is 11.9. The zero-order chi connectivity index (χ0) is 15.1. The van der Waals surface area contributed by atoms with E-state index in [1.807, 2.05) is 42.5 Å². The van der Waals surface area contributed by atoms with E-state index < -0.39 is 0 Å². The van der Waals surface area contributed by atoms with Gasteiger partial charge in [0.05, 0.1) is 13.7 Å². The third kappa shape index (κ3) is 4.13. The zero-order valence-electron chi connectivity index (χ0n) is 12.4. The van der Waals surface area contributed by atoms with Crippen LogP contribution in [0, 0.1) is 0 Å². The highest BCUT2D eigenvalue weighted by Gasteiger charge is 2.12. The lowest BCUT2D eigenvalue weighted by atomic mass is 10.1. The van der Waals surface area contributed by atoms with Gasteiger partial charge in [0.15, 0.2) is 0 Å². The highest BCUT2D eigenvalue weighted by atomic mass is 32.2. The Bertz CT molecular complexity index is 578. The van der Waals surface area contributed by atoms with Crippen LogP contribution < -0.4 is 4.74 Å². The van der Waals surface area contributed by atoms with Gasteiger partial charge in [-0.15, -0.1) is 18.3 Å². The second-order valence-corrected chi connectivity index (χ2v) is 5.41. The van der Waals surface area contributed by atoms with Crippen molar-refractivity contribution in [2.45, 2.75) is 17.6 Å². The average molecular weight is 300 g/mol. The van der Waals surface area contributed by atoms with Gasteiger partial charge in [0.25, 0.3) is 0 Å². The summed E-state index contributed by atoms with van der Waals surface area (Å²) in [5, 5.41) is 0. The SMILES string of the molecule is C=CC(OCc1ccc(OC)cc1)c1ccccc1SC. The molecule has 0 saturated heterocycles. The third-order valence-corrected chi connectivity index (χ3v) is 4.06. The summed E-state index contributed by atoms with van der Waals surface area (Å²) in [4.78, 5) is 1.22. The average Bonchev–Trinajstić information content (AvgIpc) is 2.56. The molecule has 1 unspecified atom stereocenters. The lowest BCUT2D eigenvalue weighted by Crippen LogP contribution is -2.03. The maximum atomic E-state index is 6.01. The van der Waals surface area contributed by atoms with Crippen molar-refractivity contribution in [2.75, 3.05) is 13.4 Å². The Balaban J connectivity index is 2.06. The molecular weight excluding hydrogens is 280 g/mol. The van der Waals surface area contributed by atoms with Gasteiger partial charge in [0.2, 0.25) is 0 Å². The van der Waals surface area contributed by atoms with E-state index in [1.54, 1.807) is 18.9 Å². The Morgan fingerprint density at radius 1 is 1.14 bits per heavy atom. The molecule has 0 aliphatic carbocycles. The van der Waals surface area contributed by atoms with Gasteiger partial charge in [-0.3, -0.25) is 0 Å². The number of thioether (sulfide) groups is 1. The van der Waals surface area contributed by atoms with E-state index in [1.165, 1.54) is 4.90 Å². The number of rotatable bonds is 7. The van der Waals surface area contributed by atoms with Crippen LogP contribution in [0.5, 0.6) is 5.75 Å². The molecule has 0 heterocycles. The van der Waals surface area contributed by atoms with E-state index >= 15 is 0 Å². The molecule has 0 spiro atoms. The topological polar surface area (TPSA) is 18.5 Å². The number of ether oxygens (including phenoxy) is 2. The van der Waals surface area contributed by atoms with Crippen molar-refractivity contribution in [1.82, 2.24) is 0 Å². The fourth-order valence-corrected chi connectivity index (χ4v) is 2.73. The van der Waals surface area contributed by atoms with Crippen molar-refractivity contribution < 1.29 is 9.47 Å². The maximum Gasteiger partial charge on any atom is 0.118 e.